The maximum Gasteiger partial charge on any atom is 1.00 e. The number of rotatable bonds is 7. The number of fused-ring (bicyclic) bond motifs is 1. The zero-order valence-corrected chi connectivity index (χ0v) is 23.9. The molecule has 35 heavy (non-hydrogen) atoms. The molecule has 3 atom stereocenters. The van der Waals surface area contributed by atoms with Crippen molar-refractivity contribution in [3.05, 3.63) is 16.6 Å². The summed E-state index contributed by atoms with van der Waals surface area (Å²) in [5.41, 5.74) is 6.78. The Balaban J connectivity index is 0.00000342. The Hall–Kier alpha value is -1.60. The third-order valence-corrected chi connectivity index (χ3v) is 8.48. The molecular formula is C22H28N5NaO5S2. The van der Waals surface area contributed by atoms with Crippen molar-refractivity contribution in [2.45, 2.75) is 81.2 Å². The number of aliphatic imine (C=N–C) groups is 1. The average Bonchev–Trinajstić information content (AvgIpc) is 3.30. The van der Waals surface area contributed by atoms with Crippen LogP contribution in [-0.4, -0.2) is 66.8 Å². The van der Waals surface area contributed by atoms with E-state index in [4.69, 9.17) is 10.6 Å². The fourth-order valence-electron chi connectivity index (χ4n) is 4.53. The number of nitrogen functional groups attached to an aromatic ring is 1. The van der Waals surface area contributed by atoms with Gasteiger partial charge in [-0.05, 0) is 58.1 Å². The molecule has 184 valence electrons. The van der Waals surface area contributed by atoms with E-state index in [1.165, 1.54) is 28.0 Å². The first-order chi connectivity index (χ1) is 16.1. The zero-order chi connectivity index (χ0) is 24.6. The number of carboxylic acids is 1. The van der Waals surface area contributed by atoms with Gasteiger partial charge in [0, 0.05) is 16.0 Å². The van der Waals surface area contributed by atoms with Gasteiger partial charge in [0.25, 0.3) is 5.91 Å². The fraction of sp³-hybridized carbons (Fsp3) is 0.591. The first-order valence-corrected chi connectivity index (χ1v) is 13.0. The van der Waals surface area contributed by atoms with Crippen LogP contribution in [0.2, 0.25) is 0 Å². The molecule has 1 aromatic rings. The smallest absolute Gasteiger partial charge is 0.857 e. The van der Waals surface area contributed by atoms with Gasteiger partial charge >= 0.3 is 35.5 Å². The Bertz CT molecular complexity index is 1070. The van der Waals surface area contributed by atoms with Crippen LogP contribution in [-0.2, 0) is 14.4 Å². The van der Waals surface area contributed by atoms with Crippen molar-refractivity contribution in [2.24, 2.45) is 10.1 Å². The first kappa shape index (κ1) is 28.0. The largest absolute Gasteiger partial charge is 1.00 e. The van der Waals surface area contributed by atoms with Crippen LogP contribution in [0.1, 0.15) is 58.6 Å². The van der Waals surface area contributed by atoms with Crippen LogP contribution in [0.25, 0.3) is 6.08 Å². The van der Waals surface area contributed by atoms with Crippen LogP contribution in [0.3, 0.4) is 0 Å². The molecule has 1 amide bonds. The van der Waals surface area contributed by atoms with E-state index < -0.39 is 40.0 Å². The second-order valence-electron chi connectivity index (χ2n) is 9.22. The summed E-state index contributed by atoms with van der Waals surface area (Å²) in [5.74, 6) is -2.21. The summed E-state index contributed by atoms with van der Waals surface area (Å²) >= 11 is 2.62. The number of hydrogen-bond donors (Lipinski definition) is 2. The summed E-state index contributed by atoms with van der Waals surface area (Å²) in [5, 5.41) is 28.6. The number of anilines is 1. The van der Waals surface area contributed by atoms with E-state index in [9.17, 15) is 19.8 Å². The number of nitrogens with two attached hydrogens (primary N) is 1. The van der Waals surface area contributed by atoms with Crippen molar-refractivity contribution in [3.8, 4) is 0 Å². The number of carbonyl (C=O) groups is 2. The number of β-lactam (4-membered cyclic amide) rings is 1. The molecule has 0 aromatic carbocycles. The molecule has 4 rings (SSSR count). The molecule has 2 saturated heterocycles. The van der Waals surface area contributed by atoms with Crippen LogP contribution in [0, 0.1) is 0 Å². The Morgan fingerprint density at radius 1 is 1.37 bits per heavy atom. The van der Waals surface area contributed by atoms with E-state index in [1.807, 2.05) is 0 Å². The predicted octanol–water partition coefficient (Wildman–Crippen LogP) is -0.888. The van der Waals surface area contributed by atoms with Crippen LogP contribution in [0.4, 0.5) is 5.13 Å². The molecule has 2 aliphatic heterocycles. The Labute approximate surface area is 234 Å². The summed E-state index contributed by atoms with van der Waals surface area (Å²) in [6, 6.07) is -1.92. The second kappa shape index (κ2) is 11.2. The van der Waals surface area contributed by atoms with Gasteiger partial charge in [0.1, 0.15) is 23.2 Å². The molecule has 3 N–H and O–H groups in total. The number of hydrogen-bond acceptors (Lipinski definition) is 10. The van der Waals surface area contributed by atoms with Crippen LogP contribution in [0.15, 0.2) is 21.1 Å². The van der Waals surface area contributed by atoms with Crippen LogP contribution >= 0.6 is 23.1 Å². The van der Waals surface area contributed by atoms with Crippen molar-refractivity contribution in [1.29, 1.82) is 0 Å². The van der Waals surface area contributed by atoms with E-state index in [-0.39, 0.29) is 41.4 Å². The minimum absolute atomic E-state index is 0. The number of thiazole rings is 1. The van der Waals surface area contributed by atoms with Gasteiger partial charge in [-0.1, -0.05) is 11.6 Å². The summed E-state index contributed by atoms with van der Waals surface area (Å²) in [6.45, 7) is 5.26. The Kier molecular flexibility index (Phi) is 8.96. The number of carbonyl (C=O) groups excluding carboxylic acids is 1. The van der Waals surface area contributed by atoms with Crippen LogP contribution in [0.5, 0.6) is 0 Å². The van der Waals surface area contributed by atoms with E-state index in [1.54, 1.807) is 32.2 Å². The molecule has 0 bridgehead atoms. The third kappa shape index (κ3) is 5.87. The maximum atomic E-state index is 13.2. The summed E-state index contributed by atoms with van der Waals surface area (Å²) in [7, 11) is 0. The van der Waals surface area contributed by atoms with Crippen molar-refractivity contribution in [3.63, 3.8) is 0 Å². The van der Waals surface area contributed by atoms with Gasteiger partial charge in [0.2, 0.25) is 0 Å². The number of nitrogens with zero attached hydrogens (tertiary/aromatic N) is 4. The second-order valence-corrected chi connectivity index (χ2v) is 11.9. The number of aliphatic carboxylic acids is 1. The predicted molar refractivity (Wildman–Crippen MR) is 131 cm³/mol. The Morgan fingerprint density at radius 2 is 2.06 bits per heavy atom. The van der Waals surface area contributed by atoms with Crippen molar-refractivity contribution < 1.29 is 54.2 Å². The zero-order valence-electron chi connectivity index (χ0n) is 20.3. The summed E-state index contributed by atoms with van der Waals surface area (Å²) in [6.07, 6.45) is 6.59. The molecule has 0 radical (unpaired) electrons. The number of carboxylic acid groups (broad SMARTS) is 1. The Morgan fingerprint density at radius 3 is 2.66 bits per heavy atom. The van der Waals surface area contributed by atoms with E-state index in [2.05, 4.69) is 15.1 Å². The monoisotopic (exact) mass is 529 g/mol. The molecule has 13 heteroatoms. The molecule has 3 heterocycles. The van der Waals surface area contributed by atoms with Gasteiger partial charge in [-0.25, -0.2) is 9.78 Å². The van der Waals surface area contributed by atoms with Gasteiger partial charge in [-0.15, -0.1) is 23.1 Å². The van der Waals surface area contributed by atoms with E-state index in [0.717, 1.165) is 32.1 Å². The number of oxime groups is 1. The third-order valence-electron chi connectivity index (χ3n) is 6.23. The van der Waals surface area contributed by atoms with Crippen molar-refractivity contribution >= 4 is 57.8 Å². The average molecular weight is 530 g/mol. The number of thioether (sulfide) groups is 1. The molecular weight excluding hydrogens is 501 g/mol. The maximum absolute atomic E-state index is 13.2. The molecule has 1 aliphatic carbocycles. The van der Waals surface area contributed by atoms with Gasteiger partial charge in [0.05, 0.1) is 5.69 Å². The molecule has 1 aromatic heterocycles. The van der Waals surface area contributed by atoms with E-state index >= 15 is 0 Å². The quantitative estimate of drug-likeness (QED) is 0.152. The topological polar surface area (TPSA) is 154 Å². The normalized spacial score (nSPS) is 27.2. The van der Waals surface area contributed by atoms with Gasteiger partial charge in [0.15, 0.2) is 11.2 Å². The van der Waals surface area contributed by atoms with Gasteiger partial charge in [-0.2, -0.15) is 0 Å². The molecule has 10 nitrogen and oxygen atoms in total. The fourth-order valence-corrected chi connectivity index (χ4v) is 6.66. The molecule has 0 spiro atoms. The molecule has 3 fully saturated rings. The van der Waals surface area contributed by atoms with Gasteiger partial charge in [-0.3, -0.25) is 9.79 Å². The SMILES string of the molecule is CC(=C\c1csc(N)n1)/C(=N/OC1CCCCC1)C([O-])=N[C@@H]1C(=O)N2[C@@H]1SC(C)(C)[C@@H]2C(=O)O.[Na+]. The summed E-state index contributed by atoms with van der Waals surface area (Å²) in [4.78, 5) is 39.9. The summed E-state index contributed by atoms with van der Waals surface area (Å²) < 4.78 is -0.694. The van der Waals surface area contributed by atoms with Crippen molar-refractivity contribution in [2.75, 3.05) is 5.73 Å². The molecule has 0 unspecified atom stereocenters. The first-order valence-electron chi connectivity index (χ1n) is 11.2. The minimum Gasteiger partial charge on any atom is -0.857 e. The van der Waals surface area contributed by atoms with Crippen LogP contribution < -0.4 is 40.4 Å². The van der Waals surface area contributed by atoms with Crippen molar-refractivity contribution in [1.82, 2.24) is 9.88 Å². The van der Waals surface area contributed by atoms with E-state index in [0.29, 0.717) is 16.4 Å². The van der Waals surface area contributed by atoms with Gasteiger partial charge < -0.3 is 25.7 Å². The standard InChI is InChI=1S/C22H29N5O5S2.Na/c1-11(9-12-10-33-21(23)24-12)14(26-32-13-7-5-4-6-8-13)17(28)25-15-18(29)27-16(20(30)31)22(2,3)34-19(15)27;/h9-10,13,15-16,19H,4-8H2,1-3H3,(H2,23,24)(H,25,28)(H,30,31);/q;+1/p-1/b11-9+,26-14-;/t15-,16+,19-;/m1./s1. The number of aromatic nitrogens is 1. The molecule has 3 aliphatic rings. The number of amides is 1. The minimum atomic E-state index is -1.07. The molecule has 1 saturated carbocycles.